The fourth-order valence-corrected chi connectivity index (χ4v) is 3.59. The van der Waals surface area contributed by atoms with E-state index in [1.54, 1.807) is 11.3 Å². The largest absolute Gasteiger partial charge is 0.316 e. The van der Waals surface area contributed by atoms with Gasteiger partial charge in [0, 0.05) is 18.3 Å². The first kappa shape index (κ1) is 10.5. The number of rotatable bonds is 5. The maximum absolute atomic E-state index is 4.29. The first-order chi connectivity index (χ1) is 7.92. The lowest BCUT2D eigenvalue weighted by Gasteiger charge is -2.18. The Hall–Kier alpha value is -0.670. The normalized spacial score (nSPS) is 31.4. The van der Waals surface area contributed by atoms with Gasteiger partial charge in [0.15, 0.2) is 0 Å². The standard InChI is InChI=1S/C13H18N2S/c1-2-11-5-10(1)6-12(11)7-14-4-3-13-8-16-9-15-13/h1-2,8-12,14H,3-7H2. The van der Waals surface area contributed by atoms with Gasteiger partial charge in [0.1, 0.15) is 0 Å². The minimum Gasteiger partial charge on any atom is -0.316 e. The van der Waals surface area contributed by atoms with Crippen LogP contribution in [0.1, 0.15) is 18.5 Å². The second kappa shape index (κ2) is 4.68. The van der Waals surface area contributed by atoms with Crippen LogP contribution in [0.25, 0.3) is 0 Å². The topological polar surface area (TPSA) is 24.9 Å². The zero-order chi connectivity index (χ0) is 10.8. The molecule has 3 rings (SSSR count). The van der Waals surface area contributed by atoms with Crippen LogP contribution >= 0.6 is 11.3 Å². The number of aromatic nitrogens is 1. The third-order valence-electron chi connectivity index (χ3n) is 3.86. The van der Waals surface area contributed by atoms with E-state index >= 15 is 0 Å². The number of fused-ring (bicyclic) bond motifs is 2. The van der Waals surface area contributed by atoms with Gasteiger partial charge in [0.2, 0.25) is 0 Å². The molecule has 1 heterocycles. The summed E-state index contributed by atoms with van der Waals surface area (Å²) in [5.74, 6) is 2.66. The van der Waals surface area contributed by atoms with E-state index in [1.165, 1.54) is 25.1 Å². The predicted molar refractivity (Wildman–Crippen MR) is 67.5 cm³/mol. The molecule has 86 valence electrons. The van der Waals surface area contributed by atoms with E-state index in [0.717, 1.165) is 30.7 Å². The first-order valence-corrected chi connectivity index (χ1v) is 7.12. The van der Waals surface area contributed by atoms with Crippen molar-refractivity contribution in [1.82, 2.24) is 10.3 Å². The minimum absolute atomic E-state index is 0.872. The molecule has 1 N–H and O–H groups in total. The van der Waals surface area contributed by atoms with Gasteiger partial charge in [-0.3, -0.25) is 0 Å². The van der Waals surface area contributed by atoms with Gasteiger partial charge in [-0.05, 0) is 37.1 Å². The number of hydrogen-bond donors (Lipinski definition) is 1. The summed E-state index contributed by atoms with van der Waals surface area (Å²) in [7, 11) is 0. The molecule has 1 aromatic heterocycles. The van der Waals surface area contributed by atoms with E-state index in [4.69, 9.17) is 0 Å². The summed E-state index contributed by atoms with van der Waals surface area (Å²) < 4.78 is 0. The van der Waals surface area contributed by atoms with Crippen molar-refractivity contribution in [2.75, 3.05) is 13.1 Å². The van der Waals surface area contributed by atoms with Gasteiger partial charge in [0.05, 0.1) is 11.2 Å². The monoisotopic (exact) mass is 234 g/mol. The van der Waals surface area contributed by atoms with E-state index in [0.29, 0.717) is 0 Å². The third-order valence-corrected chi connectivity index (χ3v) is 4.50. The van der Waals surface area contributed by atoms with Crippen LogP contribution in [0.15, 0.2) is 23.0 Å². The zero-order valence-corrected chi connectivity index (χ0v) is 10.2. The maximum atomic E-state index is 4.29. The number of thiazole rings is 1. The van der Waals surface area contributed by atoms with Crippen LogP contribution in [0.3, 0.4) is 0 Å². The highest BCUT2D eigenvalue weighted by Gasteiger charge is 2.34. The Morgan fingerprint density at radius 3 is 3.06 bits per heavy atom. The van der Waals surface area contributed by atoms with Crippen molar-refractivity contribution in [3.63, 3.8) is 0 Å². The number of allylic oxidation sites excluding steroid dienone is 2. The number of nitrogens with one attached hydrogen (secondary N) is 1. The maximum Gasteiger partial charge on any atom is 0.0794 e. The molecule has 3 heteroatoms. The highest BCUT2D eigenvalue weighted by molar-refractivity contribution is 7.07. The quantitative estimate of drug-likeness (QED) is 0.625. The molecule has 0 radical (unpaired) electrons. The van der Waals surface area contributed by atoms with Crippen molar-refractivity contribution in [3.05, 3.63) is 28.7 Å². The van der Waals surface area contributed by atoms with Crippen molar-refractivity contribution < 1.29 is 0 Å². The van der Waals surface area contributed by atoms with Crippen LogP contribution in [0.5, 0.6) is 0 Å². The summed E-state index contributed by atoms with van der Waals surface area (Å²) in [6, 6.07) is 0. The Morgan fingerprint density at radius 2 is 2.38 bits per heavy atom. The summed E-state index contributed by atoms with van der Waals surface area (Å²) in [6.07, 6.45) is 8.74. The summed E-state index contributed by atoms with van der Waals surface area (Å²) >= 11 is 1.68. The van der Waals surface area contributed by atoms with Crippen LogP contribution in [-0.4, -0.2) is 18.1 Å². The van der Waals surface area contributed by atoms with Crippen molar-refractivity contribution >= 4 is 11.3 Å². The first-order valence-electron chi connectivity index (χ1n) is 6.18. The minimum atomic E-state index is 0.872. The molecule has 3 unspecified atom stereocenters. The molecule has 0 amide bonds. The molecule has 2 aliphatic carbocycles. The van der Waals surface area contributed by atoms with Crippen LogP contribution in [-0.2, 0) is 6.42 Å². The average Bonchev–Trinajstić information content (AvgIpc) is 3.01. The molecule has 16 heavy (non-hydrogen) atoms. The number of nitrogens with zero attached hydrogens (tertiary/aromatic N) is 1. The second-order valence-electron chi connectivity index (χ2n) is 4.97. The highest BCUT2D eigenvalue weighted by Crippen LogP contribution is 2.42. The van der Waals surface area contributed by atoms with E-state index in [1.807, 2.05) is 5.51 Å². The number of hydrogen-bond acceptors (Lipinski definition) is 3. The third kappa shape index (κ3) is 2.20. The summed E-state index contributed by atoms with van der Waals surface area (Å²) in [6.45, 7) is 2.26. The molecule has 1 fully saturated rings. The molecule has 0 aromatic carbocycles. The van der Waals surface area contributed by atoms with E-state index < -0.39 is 0 Å². The molecular weight excluding hydrogens is 216 g/mol. The van der Waals surface area contributed by atoms with Gasteiger partial charge < -0.3 is 5.32 Å². The van der Waals surface area contributed by atoms with Crippen molar-refractivity contribution in [2.45, 2.75) is 19.3 Å². The van der Waals surface area contributed by atoms with Gasteiger partial charge in [-0.25, -0.2) is 4.98 Å². The average molecular weight is 234 g/mol. The van der Waals surface area contributed by atoms with Crippen LogP contribution in [0.2, 0.25) is 0 Å². The molecule has 1 aromatic rings. The summed E-state index contributed by atoms with van der Waals surface area (Å²) in [4.78, 5) is 4.29. The van der Waals surface area contributed by atoms with Gasteiger partial charge in [-0.15, -0.1) is 11.3 Å². The van der Waals surface area contributed by atoms with Gasteiger partial charge >= 0.3 is 0 Å². The Bertz CT molecular complexity index is 358. The van der Waals surface area contributed by atoms with Crippen molar-refractivity contribution in [1.29, 1.82) is 0 Å². The Morgan fingerprint density at radius 1 is 1.38 bits per heavy atom. The molecule has 0 aliphatic heterocycles. The van der Waals surface area contributed by atoms with Gasteiger partial charge in [-0.2, -0.15) is 0 Å². The van der Waals surface area contributed by atoms with E-state index in [2.05, 4.69) is 27.8 Å². The lowest BCUT2D eigenvalue weighted by atomic mass is 9.94. The molecule has 0 saturated heterocycles. The molecule has 0 spiro atoms. The molecule has 3 atom stereocenters. The molecule has 1 saturated carbocycles. The Labute approximate surface area is 101 Å². The molecular formula is C13H18N2S. The Balaban J connectivity index is 1.37. The zero-order valence-electron chi connectivity index (χ0n) is 9.43. The van der Waals surface area contributed by atoms with Gasteiger partial charge in [0.25, 0.3) is 0 Å². The fraction of sp³-hybridized carbons (Fsp3) is 0.615. The fourth-order valence-electron chi connectivity index (χ4n) is 2.99. The predicted octanol–water partition coefficient (Wildman–Crippen LogP) is 2.49. The summed E-state index contributed by atoms with van der Waals surface area (Å²) in [5, 5.41) is 5.72. The van der Waals surface area contributed by atoms with Crippen LogP contribution in [0.4, 0.5) is 0 Å². The molecule has 2 bridgehead atoms. The molecule has 2 nitrogen and oxygen atoms in total. The van der Waals surface area contributed by atoms with E-state index in [9.17, 15) is 0 Å². The van der Waals surface area contributed by atoms with Gasteiger partial charge in [-0.1, -0.05) is 12.2 Å². The lowest BCUT2D eigenvalue weighted by Crippen LogP contribution is -2.27. The van der Waals surface area contributed by atoms with Crippen LogP contribution < -0.4 is 5.32 Å². The van der Waals surface area contributed by atoms with Crippen molar-refractivity contribution in [3.8, 4) is 0 Å². The van der Waals surface area contributed by atoms with Crippen molar-refractivity contribution in [2.24, 2.45) is 17.8 Å². The highest BCUT2D eigenvalue weighted by atomic mass is 32.1. The SMILES string of the molecule is C1=CC2CC1CC2CNCCc1cscn1. The molecule has 2 aliphatic rings. The second-order valence-corrected chi connectivity index (χ2v) is 5.69. The Kier molecular flexibility index (Phi) is 3.06. The summed E-state index contributed by atoms with van der Waals surface area (Å²) in [5.41, 5.74) is 3.14. The smallest absolute Gasteiger partial charge is 0.0794 e. The lowest BCUT2D eigenvalue weighted by molar-refractivity contribution is 0.416. The van der Waals surface area contributed by atoms with Crippen LogP contribution in [0, 0.1) is 17.8 Å². The van der Waals surface area contributed by atoms with E-state index in [-0.39, 0.29) is 0 Å².